The topological polar surface area (TPSA) is 47.6 Å². The van der Waals surface area contributed by atoms with Gasteiger partial charge >= 0.3 is 5.97 Å². The molecule has 0 saturated heterocycles. The highest BCUT2D eigenvalue weighted by atomic mass is 16.6. The molecule has 0 rings (SSSR count). The molecule has 13 heavy (non-hydrogen) atoms. The fourth-order valence-corrected chi connectivity index (χ4v) is 0.647. The van der Waals surface area contributed by atoms with Gasteiger partial charge in [-0.15, -0.1) is 0 Å². The Morgan fingerprint density at radius 2 is 2.00 bits per heavy atom. The van der Waals surface area contributed by atoms with Crippen molar-refractivity contribution in [2.24, 2.45) is 0 Å². The third kappa shape index (κ3) is 6.54. The monoisotopic (exact) mass is 189 g/mol. The maximum absolute atomic E-state index is 11.3. The summed E-state index contributed by atoms with van der Waals surface area (Å²) < 4.78 is 5.12. The normalized spacial score (nSPS) is 13.9. The number of rotatable bonds is 4. The highest BCUT2D eigenvalue weighted by Crippen LogP contribution is 2.08. The lowest BCUT2D eigenvalue weighted by molar-refractivity contribution is -0.161. The highest BCUT2D eigenvalue weighted by Gasteiger charge is 2.21. The first-order chi connectivity index (χ1) is 5.87. The van der Waals surface area contributed by atoms with Crippen molar-refractivity contribution in [3.05, 3.63) is 0 Å². The van der Waals surface area contributed by atoms with Gasteiger partial charge in [0.25, 0.3) is 0 Å². The predicted octanol–water partition coefficient (Wildman–Crippen LogP) is 1.26. The number of ether oxygens (including phenoxy) is 1. The average Bonchev–Trinajstić information content (AvgIpc) is 1.96. The summed E-state index contributed by atoms with van der Waals surface area (Å²) in [5.74, 6) is -0.305. The third-order valence-electron chi connectivity index (χ3n) is 1.16. The van der Waals surface area contributed by atoms with Crippen molar-refractivity contribution >= 4 is 5.97 Å². The van der Waals surface area contributed by atoms with Gasteiger partial charge in [0, 0.05) is 0 Å². The molecule has 1 unspecified atom stereocenters. The standard InChI is InChI=1S/C9H19NO3/c1-6-12-10-7(2)8(11)13-9(3,4)5/h7,10H,6H2,1-5H3. The summed E-state index contributed by atoms with van der Waals surface area (Å²) in [6.07, 6.45) is 0. The third-order valence-corrected chi connectivity index (χ3v) is 1.16. The van der Waals surface area contributed by atoms with E-state index in [4.69, 9.17) is 9.57 Å². The molecule has 4 nitrogen and oxygen atoms in total. The molecule has 0 saturated carbocycles. The van der Waals surface area contributed by atoms with Gasteiger partial charge in [-0.2, -0.15) is 5.48 Å². The van der Waals surface area contributed by atoms with Crippen LogP contribution in [0.3, 0.4) is 0 Å². The zero-order valence-corrected chi connectivity index (χ0v) is 9.01. The van der Waals surface area contributed by atoms with Gasteiger partial charge in [-0.05, 0) is 34.6 Å². The Bertz CT molecular complexity index is 163. The van der Waals surface area contributed by atoms with Crippen LogP contribution >= 0.6 is 0 Å². The van der Waals surface area contributed by atoms with E-state index in [1.54, 1.807) is 6.92 Å². The van der Waals surface area contributed by atoms with Gasteiger partial charge in [0.05, 0.1) is 6.61 Å². The second kappa shape index (κ2) is 5.19. The van der Waals surface area contributed by atoms with Crippen LogP contribution in [0.1, 0.15) is 34.6 Å². The molecule has 0 aromatic heterocycles. The Morgan fingerprint density at radius 3 is 2.38 bits per heavy atom. The number of carbonyl (C=O) groups is 1. The summed E-state index contributed by atoms with van der Waals surface area (Å²) in [6.45, 7) is 9.56. The number of hydrogen-bond acceptors (Lipinski definition) is 4. The molecule has 0 fully saturated rings. The van der Waals surface area contributed by atoms with Gasteiger partial charge < -0.3 is 9.57 Å². The molecule has 1 atom stereocenters. The Hall–Kier alpha value is -0.610. The van der Waals surface area contributed by atoms with E-state index in [9.17, 15) is 4.79 Å². The molecule has 0 aliphatic carbocycles. The van der Waals surface area contributed by atoms with Crippen molar-refractivity contribution in [3.63, 3.8) is 0 Å². The molecule has 0 radical (unpaired) electrons. The molecule has 0 spiro atoms. The molecule has 0 heterocycles. The molecule has 0 bridgehead atoms. The largest absolute Gasteiger partial charge is 0.459 e. The number of carbonyl (C=O) groups excluding carboxylic acids is 1. The van der Waals surface area contributed by atoms with Crippen LogP contribution < -0.4 is 5.48 Å². The SMILES string of the molecule is CCONC(C)C(=O)OC(C)(C)C. The zero-order chi connectivity index (χ0) is 10.5. The minimum absolute atomic E-state index is 0.305. The molecule has 4 heteroatoms. The molecule has 0 aliphatic rings. The van der Waals surface area contributed by atoms with Crippen LogP contribution in [-0.2, 0) is 14.4 Å². The summed E-state index contributed by atoms with van der Waals surface area (Å²) in [5, 5.41) is 0. The second-order valence-corrected chi connectivity index (χ2v) is 3.81. The van der Waals surface area contributed by atoms with Crippen LogP contribution in [0.4, 0.5) is 0 Å². The van der Waals surface area contributed by atoms with Crippen LogP contribution in [0, 0.1) is 0 Å². The fourth-order valence-electron chi connectivity index (χ4n) is 0.647. The van der Waals surface area contributed by atoms with Crippen LogP contribution in [0.2, 0.25) is 0 Å². The van der Waals surface area contributed by atoms with Crippen molar-refractivity contribution < 1.29 is 14.4 Å². The maximum Gasteiger partial charge on any atom is 0.325 e. The first-order valence-electron chi connectivity index (χ1n) is 4.47. The van der Waals surface area contributed by atoms with Crippen molar-refractivity contribution in [3.8, 4) is 0 Å². The van der Waals surface area contributed by atoms with Crippen LogP contribution in [0.15, 0.2) is 0 Å². The van der Waals surface area contributed by atoms with Gasteiger partial charge in [-0.1, -0.05) is 0 Å². The van der Waals surface area contributed by atoms with Gasteiger partial charge in [0.2, 0.25) is 0 Å². The minimum atomic E-state index is -0.445. The molecule has 0 aromatic carbocycles. The first-order valence-corrected chi connectivity index (χ1v) is 4.47. The molecular formula is C9H19NO3. The second-order valence-electron chi connectivity index (χ2n) is 3.81. The number of hydrogen-bond donors (Lipinski definition) is 1. The maximum atomic E-state index is 11.3. The lowest BCUT2D eigenvalue weighted by Crippen LogP contribution is -2.39. The van der Waals surface area contributed by atoms with E-state index < -0.39 is 11.6 Å². The number of nitrogens with one attached hydrogen (secondary N) is 1. The van der Waals surface area contributed by atoms with Crippen molar-refractivity contribution in [1.82, 2.24) is 5.48 Å². The van der Waals surface area contributed by atoms with Crippen LogP contribution in [-0.4, -0.2) is 24.2 Å². The number of hydroxylamine groups is 1. The van der Waals surface area contributed by atoms with Gasteiger partial charge in [-0.25, -0.2) is 0 Å². The Kier molecular flexibility index (Phi) is 4.95. The quantitative estimate of drug-likeness (QED) is 0.534. The highest BCUT2D eigenvalue weighted by molar-refractivity contribution is 5.75. The summed E-state index contributed by atoms with van der Waals surface area (Å²) in [4.78, 5) is 16.2. The van der Waals surface area contributed by atoms with Gasteiger partial charge in [0.15, 0.2) is 0 Å². The van der Waals surface area contributed by atoms with E-state index in [0.29, 0.717) is 6.61 Å². The fraction of sp³-hybridized carbons (Fsp3) is 0.889. The summed E-state index contributed by atoms with van der Waals surface area (Å²) in [6, 6.07) is -0.431. The lowest BCUT2D eigenvalue weighted by Gasteiger charge is -2.22. The van der Waals surface area contributed by atoms with Crippen LogP contribution in [0.25, 0.3) is 0 Å². The van der Waals surface area contributed by atoms with E-state index in [1.807, 2.05) is 27.7 Å². The summed E-state index contributed by atoms with van der Waals surface area (Å²) >= 11 is 0. The van der Waals surface area contributed by atoms with E-state index in [2.05, 4.69) is 5.48 Å². The predicted molar refractivity (Wildman–Crippen MR) is 50.1 cm³/mol. The van der Waals surface area contributed by atoms with Crippen molar-refractivity contribution in [2.75, 3.05) is 6.61 Å². The molecule has 0 aliphatic heterocycles. The molecule has 0 amide bonds. The van der Waals surface area contributed by atoms with Gasteiger partial charge in [0.1, 0.15) is 11.6 Å². The smallest absolute Gasteiger partial charge is 0.325 e. The molecule has 1 N–H and O–H groups in total. The summed E-state index contributed by atoms with van der Waals surface area (Å²) in [5.41, 5.74) is 2.13. The Balaban J connectivity index is 3.83. The van der Waals surface area contributed by atoms with Gasteiger partial charge in [-0.3, -0.25) is 4.79 Å². The molecule has 0 aromatic rings. The Morgan fingerprint density at radius 1 is 1.46 bits per heavy atom. The average molecular weight is 189 g/mol. The van der Waals surface area contributed by atoms with Crippen molar-refractivity contribution in [1.29, 1.82) is 0 Å². The molecule has 78 valence electrons. The first kappa shape index (κ1) is 12.4. The van der Waals surface area contributed by atoms with E-state index in [-0.39, 0.29) is 5.97 Å². The van der Waals surface area contributed by atoms with E-state index >= 15 is 0 Å². The Labute approximate surface area is 79.6 Å². The molecular weight excluding hydrogens is 170 g/mol. The zero-order valence-electron chi connectivity index (χ0n) is 9.01. The number of esters is 1. The van der Waals surface area contributed by atoms with Crippen molar-refractivity contribution in [2.45, 2.75) is 46.3 Å². The van der Waals surface area contributed by atoms with E-state index in [1.165, 1.54) is 0 Å². The van der Waals surface area contributed by atoms with Crippen LogP contribution in [0.5, 0.6) is 0 Å². The minimum Gasteiger partial charge on any atom is -0.459 e. The lowest BCUT2D eigenvalue weighted by atomic mass is 10.2. The summed E-state index contributed by atoms with van der Waals surface area (Å²) in [7, 11) is 0. The van der Waals surface area contributed by atoms with E-state index in [0.717, 1.165) is 0 Å².